The third-order valence-electron chi connectivity index (χ3n) is 3.03. The molecule has 3 aromatic rings. The molecular weight excluding hydrogens is 392 g/mol. The van der Waals surface area contributed by atoms with Crippen molar-refractivity contribution in [1.29, 1.82) is 0 Å². The molecule has 0 aliphatic heterocycles. The van der Waals surface area contributed by atoms with Crippen molar-refractivity contribution in [2.75, 3.05) is 11.1 Å². The van der Waals surface area contributed by atoms with Gasteiger partial charge in [0.05, 0.1) is 16.3 Å². The third-order valence-corrected chi connectivity index (χ3v) is 4.25. The number of carbonyl (C=O) groups excluding carboxylic acids is 2. The van der Waals surface area contributed by atoms with Gasteiger partial charge in [0.15, 0.2) is 11.6 Å². The second kappa shape index (κ2) is 7.06. The van der Waals surface area contributed by atoms with E-state index in [4.69, 9.17) is 21.8 Å². The van der Waals surface area contributed by atoms with Gasteiger partial charge in [0.25, 0.3) is 11.8 Å². The number of hydrogen-bond donors (Lipinski definition) is 3. The Kier molecular flexibility index (Phi) is 4.82. The molecule has 3 amide bonds. The van der Waals surface area contributed by atoms with Crippen LogP contribution in [0.3, 0.4) is 0 Å². The van der Waals surface area contributed by atoms with Crippen molar-refractivity contribution >= 4 is 46.6 Å². The summed E-state index contributed by atoms with van der Waals surface area (Å²) in [5.41, 5.74) is 5.24. The van der Waals surface area contributed by atoms with Crippen LogP contribution in [-0.2, 0) is 0 Å². The number of urea groups is 1. The van der Waals surface area contributed by atoms with Crippen LogP contribution in [0.2, 0.25) is 5.02 Å². The van der Waals surface area contributed by atoms with Crippen LogP contribution in [0.15, 0.2) is 28.0 Å². The fourth-order valence-electron chi connectivity index (χ4n) is 1.92. The van der Waals surface area contributed by atoms with Crippen LogP contribution in [0.4, 0.5) is 25.3 Å². The van der Waals surface area contributed by atoms with Crippen molar-refractivity contribution in [2.24, 2.45) is 0 Å². The number of thiophene rings is 1. The number of hydrogen-bond acceptors (Lipinski definition) is 7. The highest BCUT2D eigenvalue weighted by Crippen LogP contribution is 2.33. The lowest BCUT2D eigenvalue weighted by Crippen LogP contribution is -2.34. The summed E-state index contributed by atoms with van der Waals surface area (Å²) < 4.78 is 31.4. The van der Waals surface area contributed by atoms with Gasteiger partial charge in [-0.2, -0.15) is 0 Å². The Morgan fingerprint density at radius 1 is 1.23 bits per heavy atom. The molecule has 0 saturated carbocycles. The van der Waals surface area contributed by atoms with E-state index in [2.05, 4.69) is 15.5 Å². The zero-order chi connectivity index (χ0) is 18.8. The number of aromatic nitrogens is 2. The van der Waals surface area contributed by atoms with E-state index < -0.39 is 29.1 Å². The molecule has 0 unspecified atom stereocenters. The summed E-state index contributed by atoms with van der Waals surface area (Å²) >= 11 is 6.88. The predicted molar refractivity (Wildman–Crippen MR) is 89.9 cm³/mol. The predicted octanol–water partition coefficient (Wildman–Crippen LogP) is 3.27. The van der Waals surface area contributed by atoms with Crippen LogP contribution < -0.4 is 16.4 Å². The summed E-state index contributed by atoms with van der Waals surface area (Å²) in [6, 6.07) is 1.70. The molecule has 1 aromatic carbocycles. The first kappa shape index (κ1) is 17.8. The van der Waals surface area contributed by atoms with Crippen molar-refractivity contribution in [1.82, 2.24) is 15.5 Å². The highest BCUT2D eigenvalue weighted by Gasteiger charge is 2.19. The smallest absolute Gasteiger partial charge is 0.326 e. The zero-order valence-corrected chi connectivity index (χ0v) is 14.1. The Hall–Kier alpha value is -3.05. The quantitative estimate of drug-likeness (QED) is 0.581. The molecule has 0 aliphatic carbocycles. The second-order valence-corrected chi connectivity index (χ2v) is 6.09. The van der Waals surface area contributed by atoms with Gasteiger partial charge in [-0.15, -0.1) is 16.4 Å². The van der Waals surface area contributed by atoms with Crippen molar-refractivity contribution in [3.8, 4) is 10.8 Å². The van der Waals surface area contributed by atoms with E-state index in [-0.39, 0.29) is 22.6 Å². The Balaban J connectivity index is 1.73. The molecule has 26 heavy (non-hydrogen) atoms. The minimum Gasteiger partial charge on any atom is -0.403 e. The van der Waals surface area contributed by atoms with E-state index in [9.17, 15) is 18.4 Å². The van der Waals surface area contributed by atoms with Gasteiger partial charge in [-0.1, -0.05) is 16.7 Å². The van der Waals surface area contributed by atoms with Crippen molar-refractivity contribution in [3.63, 3.8) is 0 Å². The van der Waals surface area contributed by atoms with E-state index in [0.29, 0.717) is 17.0 Å². The molecule has 0 bridgehead atoms. The first-order chi connectivity index (χ1) is 12.3. The van der Waals surface area contributed by atoms with Gasteiger partial charge in [-0.25, -0.2) is 13.6 Å². The number of rotatable bonds is 3. The number of amides is 3. The number of nitrogens with zero attached hydrogens (tertiary/aromatic N) is 2. The molecule has 0 radical (unpaired) electrons. The van der Waals surface area contributed by atoms with Crippen molar-refractivity contribution < 1.29 is 22.8 Å². The number of imide groups is 1. The summed E-state index contributed by atoms with van der Waals surface area (Å²) in [4.78, 5) is 24.5. The topological polar surface area (TPSA) is 123 Å². The summed E-state index contributed by atoms with van der Waals surface area (Å²) in [7, 11) is 0. The average molecular weight is 400 g/mol. The SMILES string of the molecule is Nc1nnc(-c2sccc2NC(=O)NC(=O)c2cc(F)c(F)cc2Cl)o1. The summed E-state index contributed by atoms with van der Waals surface area (Å²) in [6.45, 7) is 0. The fourth-order valence-corrected chi connectivity index (χ4v) is 2.93. The molecule has 2 aromatic heterocycles. The summed E-state index contributed by atoms with van der Waals surface area (Å²) in [5, 5.41) is 12.9. The average Bonchev–Trinajstić information content (AvgIpc) is 3.19. The minimum absolute atomic E-state index is 0.0859. The maximum atomic E-state index is 13.3. The first-order valence-corrected chi connectivity index (χ1v) is 8.04. The Morgan fingerprint density at radius 3 is 2.65 bits per heavy atom. The zero-order valence-electron chi connectivity index (χ0n) is 12.5. The largest absolute Gasteiger partial charge is 0.403 e. The highest BCUT2D eigenvalue weighted by molar-refractivity contribution is 7.14. The van der Waals surface area contributed by atoms with Gasteiger partial charge in [-0.05, 0) is 23.6 Å². The number of nitrogen functional groups attached to an aromatic ring is 1. The van der Waals surface area contributed by atoms with Crippen LogP contribution in [0, 0.1) is 11.6 Å². The molecule has 0 saturated heterocycles. The van der Waals surface area contributed by atoms with Gasteiger partial charge in [0, 0.05) is 0 Å². The molecular formula is C14H8ClF2N5O3S. The van der Waals surface area contributed by atoms with Gasteiger partial charge in [0.1, 0.15) is 4.88 Å². The Morgan fingerprint density at radius 2 is 1.96 bits per heavy atom. The van der Waals surface area contributed by atoms with E-state index in [1.165, 1.54) is 17.4 Å². The number of halogens is 3. The summed E-state index contributed by atoms with van der Waals surface area (Å²) in [5.74, 6) is -3.40. The van der Waals surface area contributed by atoms with Gasteiger partial charge < -0.3 is 15.5 Å². The molecule has 134 valence electrons. The minimum atomic E-state index is -1.27. The van der Waals surface area contributed by atoms with Gasteiger partial charge >= 0.3 is 12.0 Å². The molecule has 8 nitrogen and oxygen atoms in total. The van der Waals surface area contributed by atoms with E-state index in [0.717, 1.165) is 0 Å². The maximum absolute atomic E-state index is 13.3. The summed E-state index contributed by atoms with van der Waals surface area (Å²) in [6.07, 6.45) is 0. The molecule has 12 heteroatoms. The first-order valence-electron chi connectivity index (χ1n) is 6.79. The molecule has 0 atom stereocenters. The highest BCUT2D eigenvalue weighted by atomic mass is 35.5. The van der Waals surface area contributed by atoms with Crippen LogP contribution in [-0.4, -0.2) is 22.1 Å². The van der Waals surface area contributed by atoms with Crippen LogP contribution >= 0.6 is 22.9 Å². The van der Waals surface area contributed by atoms with E-state index in [1.807, 2.05) is 5.32 Å². The molecule has 3 rings (SSSR count). The third kappa shape index (κ3) is 3.63. The molecule has 4 N–H and O–H groups in total. The molecule has 2 heterocycles. The van der Waals surface area contributed by atoms with E-state index >= 15 is 0 Å². The number of anilines is 2. The number of carbonyl (C=O) groups is 2. The lowest BCUT2D eigenvalue weighted by molar-refractivity contribution is 0.0966. The molecule has 0 spiro atoms. The van der Waals surface area contributed by atoms with Gasteiger partial charge in [-0.3, -0.25) is 10.1 Å². The number of nitrogens with one attached hydrogen (secondary N) is 2. The maximum Gasteiger partial charge on any atom is 0.326 e. The van der Waals surface area contributed by atoms with Gasteiger partial charge in [0.2, 0.25) is 0 Å². The standard InChI is InChI=1S/C14H8ClF2N5O3S/c15-6-4-8(17)7(16)3-5(6)11(23)20-14(24)19-9-1-2-26-10(9)12-21-22-13(18)25-12/h1-4H,(H2,18,22)(H2,19,20,23,24). The fraction of sp³-hybridized carbons (Fsp3) is 0. The lowest BCUT2D eigenvalue weighted by atomic mass is 10.2. The molecule has 0 fully saturated rings. The van der Waals surface area contributed by atoms with Crippen LogP contribution in [0.5, 0.6) is 0 Å². The van der Waals surface area contributed by atoms with Crippen LogP contribution in [0.25, 0.3) is 10.8 Å². The number of nitrogens with two attached hydrogens (primary N) is 1. The van der Waals surface area contributed by atoms with E-state index in [1.54, 1.807) is 5.38 Å². The second-order valence-electron chi connectivity index (χ2n) is 4.76. The Labute approximate surface area is 153 Å². The Bertz CT molecular complexity index is 1010. The monoisotopic (exact) mass is 399 g/mol. The van der Waals surface area contributed by atoms with Crippen molar-refractivity contribution in [3.05, 3.63) is 45.8 Å². The number of benzene rings is 1. The molecule has 0 aliphatic rings. The lowest BCUT2D eigenvalue weighted by Gasteiger charge is -2.08. The normalized spacial score (nSPS) is 10.6. The van der Waals surface area contributed by atoms with Crippen molar-refractivity contribution in [2.45, 2.75) is 0 Å². The van der Waals surface area contributed by atoms with Crippen LogP contribution in [0.1, 0.15) is 10.4 Å².